The van der Waals surface area contributed by atoms with Gasteiger partial charge in [-0.15, -0.1) is 11.3 Å². The number of hydrogen-bond donors (Lipinski definition) is 0. The molecular formula is C13H13NO3S. The molecule has 5 heteroatoms. The molecule has 1 heterocycles. The third kappa shape index (κ3) is 2.36. The Labute approximate surface area is 109 Å². The fourth-order valence-corrected chi connectivity index (χ4v) is 2.39. The molecule has 0 spiro atoms. The lowest BCUT2D eigenvalue weighted by atomic mass is 10.2. The summed E-state index contributed by atoms with van der Waals surface area (Å²) < 4.78 is 10.9. The zero-order valence-corrected chi connectivity index (χ0v) is 11.0. The van der Waals surface area contributed by atoms with Gasteiger partial charge >= 0.3 is 0 Å². The Hall–Kier alpha value is -1.88. The van der Waals surface area contributed by atoms with E-state index in [-0.39, 0.29) is 0 Å². The van der Waals surface area contributed by atoms with Crippen LogP contribution in [0.2, 0.25) is 0 Å². The molecule has 0 aliphatic carbocycles. The molecule has 0 atom stereocenters. The molecule has 0 aliphatic heterocycles. The van der Waals surface area contributed by atoms with Crippen LogP contribution in [0.15, 0.2) is 23.6 Å². The van der Waals surface area contributed by atoms with E-state index in [1.807, 2.05) is 25.1 Å². The minimum Gasteiger partial charge on any atom is -0.493 e. The maximum absolute atomic E-state index is 10.7. The van der Waals surface area contributed by atoms with Crippen LogP contribution in [-0.4, -0.2) is 25.0 Å². The molecule has 0 fully saturated rings. The van der Waals surface area contributed by atoms with Crippen molar-refractivity contribution in [1.29, 1.82) is 0 Å². The van der Waals surface area contributed by atoms with Crippen LogP contribution in [0.1, 0.15) is 17.4 Å². The van der Waals surface area contributed by atoms with Crippen molar-refractivity contribution in [2.75, 3.05) is 13.7 Å². The maximum Gasteiger partial charge on any atom is 0.171 e. The summed E-state index contributed by atoms with van der Waals surface area (Å²) in [6.07, 6.45) is 0.737. The summed E-state index contributed by atoms with van der Waals surface area (Å²) in [5.41, 5.74) is 1.27. The molecule has 0 amide bonds. The van der Waals surface area contributed by atoms with E-state index in [1.165, 1.54) is 11.3 Å². The molecule has 2 aromatic rings. The minimum absolute atomic E-state index is 0.431. The van der Waals surface area contributed by atoms with Crippen LogP contribution in [0.4, 0.5) is 0 Å². The third-order valence-corrected chi connectivity index (χ3v) is 3.25. The summed E-state index contributed by atoms with van der Waals surface area (Å²) in [5.74, 6) is 1.33. The Kier molecular flexibility index (Phi) is 3.94. The summed E-state index contributed by atoms with van der Waals surface area (Å²) in [7, 11) is 1.60. The lowest BCUT2D eigenvalue weighted by Crippen LogP contribution is -1.97. The Morgan fingerprint density at radius 1 is 1.44 bits per heavy atom. The molecule has 1 aromatic carbocycles. The average Bonchev–Trinajstić information content (AvgIpc) is 2.88. The van der Waals surface area contributed by atoms with E-state index in [9.17, 15) is 4.79 Å². The topological polar surface area (TPSA) is 48.4 Å². The van der Waals surface area contributed by atoms with E-state index >= 15 is 0 Å². The largest absolute Gasteiger partial charge is 0.493 e. The van der Waals surface area contributed by atoms with Gasteiger partial charge in [-0.05, 0) is 19.1 Å². The number of para-hydroxylation sites is 1. The van der Waals surface area contributed by atoms with Crippen LogP contribution in [0.5, 0.6) is 11.5 Å². The second kappa shape index (κ2) is 5.64. The SMILES string of the molecule is CCOc1c(OC)cccc1-c1nc(C=O)cs1. The zero-order chi connectivity index (χ0) is 13.0. The Morgan fingerprint density at radius 2 is 2.28 bits per heavy atom. The summed E-state index contributed by atoms with van der Waals surface area (Å²) in [5, 5.41) is 2.47. The van der Waals surface area contributed by atoms with Crippen molar-refractivity contribution in [2.45, 2.75) is 6.92 Å². The number of aromatic nitrogens is 1. The van der Waals surface area contributed by atoms with E-state index in [0.29, 0.717) is 23.8 Å². The standard InChI is InChI=1S/C13H13NO3S/c1-3-17-12-10(5-4-6-11(12)16-2)13-14-9(7-15)8-18-13/h4-8H,3H2,1-2H3. The first kappa shape index (κ1) is 12.6. The van der Waals surface area contributed by atoms with Gasteiger partial charge in [0.05, 0.1) is 19.3 Å². The van der Waals surface area contributed by atoms with Crippen molar-refractivity contribution in [2.24, 2.45) is 0 Å². The van der Waals surface area contributed by atoms with Crippen LogP contribution in [0, 0.1) is 0 Å². The summed E-state index contributed by atoms with van der Waals surface area (Å²) in [6.45, 7) is 2.45. The number of benzene rings is 1. The number of carbonyl (C=O) groups excluding carboxylic acids is 1. The Bertz CT molecular complexity index is 551. The van der Waals surface area contributed by atoms with E-state index in [4.69, 9.17) is 9.47 Å². The van der Waals surface area contributed by atoms with Gasteiger partial charge in [0.2, 0.25) is 0 Å². The van der Waals surface area contributed by atoms with Crippen LogP contribution >= 0.6 is 11.3 Å². The molecule has 0 bridgehead atoms. The molecular weight excluding hydrogens is 250 g/mol. The molecule has 0 saturated heterocycles. The molecule has 0 N–H and O–H groups in total. The molecule has 0 radical (unpaired) electrons. The number of nitrogens with zero attached hydrogens (tertiary/aromatic N) is 1. The molecule has 18 heavy (non-hydrogen) atoms. The highest BCUT2D eigenvalue weighted by Gasteiger charge is 2.14. The third-order valence-electron chi connectivity index (χ3n) is 2.36. The quantitative estimate of drug-likeness (QED) is 0.778. The number of ether oxygens (including phenoxy) is 2. The van der Waals surface area contributed by atoms with Gasteiger partial charge in [0.15, 0.2) is 17.8 Å². The van der Waals surface area contributed by atoms with Crippen LogP contribution in [0.25, 0.3) is 10.6 Å². The molecule has 0 aliphatic rings. The van der Waals surface area contributed by atoms with Gasteiger partial charge in [-0.3, -0.25) is 4.79 Å². The van der Waals surface area contributed by atoms with Crippen LogP contribution < -0.4 is 9.47 Å². The van der Waals surface area contributed by atoms with E-state index < -0.39 is 0 Å². The van der Waals surface area contributed by atoms with Gasteiger partial charge in [-0.25, -0.2) is 4.98 Å². The zero-order valence-electron chi connectivity index (χ0n) is 10.2. The van der Waals surface area contributed by atoms with Crippen LogP contribution in [-0.2, 0) is 0 Å². The monoisotopic (exact) mass is 263 g/mol. The summed E-state index contributed by atoms with van der Waals surface area (Å²) in [4.78, 5) is 14.9. The Morgan fingerprint density at radius 3 is 2.89 bits per heavy atom. The fourth-order valence-electron chi connectivity index (χ4n) is 1.60. The van der Waals surface area contributed by atoms with E-state index in [1.54, 1.807) is 12.5 Å². The van der Waals surface area contributed by atoms with Gasteiger partial charge in [-0.2, -0.15) is 0 Å². The van der Waals surface area contributed by atoms with Crippen LogP contribution in [0.3, 0.4) is 0 Å². The lowest BCUT2D eigenvalue weighted by Gasteiger charge is -2.12. The molecule has 94 valence electrons. The number of aldehydes is 1. The first-order valence-electron chi connectivity index (χ1n) is 5.51. The normalized spacial score (nSPS) is 10.1. The van der Waals surface area contributed by atoms with Crippen molar-refractivity contribution in [3.63, 3.8) is 0 Å². The predicted molar refractivity (Wildman–Crippen MR) is 70.7 cm³/mol. The highest BCUT2D eigenvalue weighted by molar-refractivity contribution is 7.13. The number of hydrogen-bond acceptors (Lipinski definition) is 5. The number of thiazole rings is 1. The van der Waals surface area contributed by atoms with Gasteiger partial charge in [0.25, 0.3) is 0 Å². The molecule has 2 rings (SSSR count). The smallest absolute Gasteiger partial charge is 0.171 e. The van der Waals surface area contributed by atoms with E-state index in [2.05, 4.69) is 4.98 Å². The Balaban J connectivity index is 2.51. The predicted octanol–water partition coefficient (Wildman–Crippen LogP) is 3.03. The summed E-state index contributed by atoms with van der Waals surface area (Å²) >= 11 is 1.41. The fraction of sp³-hybridized carbons (Fsp3) is 0.231. The lowest BCUT2D eigenvalue weighted by molar-refractivity contribution is 0.111. The maximum atomic E-state index is 10.7. The molecule has 4 nitrogen and oxygen atoms in total. The number of carbonyl (C=O) groups is 1. The second-order valence-electron chi connectivity index (χ2n) is 3.47. The number of methoxy groups -OCH3 is 1. The van der Waals surface area contributed by atoms with Crippen molar-refractivity contribution >= 4 is 17.6 Å². The van der Waals surface area contributed by atoms with Crippen molar-refractivity contribution in [3.05, 3.63) is 29.3 Å². The molecule has 0 saturated carbocycles. The first-order valence-corrected chi connectivity index (χ1v) is 6.39. The van der Waals surface area contributed by atoms with Gasteiger partial charge in [0, 0.05) is 5.38 Å². The highest BCUT2D eigenvalue weighted by Crippen LogP contribution is 2.39. The summed E-state index contributed by atoms with van der Waals surface area (Å²) in [6, 6.07) is 5.61. The average molecular weight is 263 g/mol. The minimum atomic E-state index is 0.431. The van der Waals surface area contributed by atoms with Crippen molar-refractivity contribution in [3.8, 4) is 22.1 Å². The first-order chi connectivity index (χ1) is 8.80. The van der Waals surface area contributed by atoms with Gasteiger partial charge in [-0.1, -0.05) is 6.07 Å². The second-order valence-corrected chi connectivity index (χ2v) is 4.32. The van der Waals surface area contributed by atoms with Gasteiger partial charge in [0.1, 0.15) is 10.7 Å². The van der Waals surface area contributed by atoms with Gasteiger partial charge < -0.3 is 9.47 Å². The highest BCUT2D eigenvalue weighted by atomic mass is 32.1. The molecule has 1 aromatic heterocycles. The van der Waals surface area contributed by atoms with E-state index in [0.717, 1.165) is 16.9 Å². The molecule has 0 unspecified atom stereocenters. The number of rotatable bonds is 5. The van der Waals surface area contributed by atoms with Crippen molar-refractivity contribution in [1.82, 2.24) is 4.98 Å². The van der Waals surface area contributed by atoms with Crippen molar-refractivity contribution < 1.29 is 14.3 Å².